The second-order valence-corrected chi connectivity index (χ2v) is 8.98. The molecule has 0 bridgehead atoms. The lowest BCUT2D eigenvalue weighted by Crippen LogP contribution is -2.13. The molecule has 1 amide bonds. The summed E-state index contributed by atoms with van der Waals surface area (Å²) >= 11 is 0. The molecule has 0 aliphatic rings. The summed E-state index contributed by atoms with van der Waals surface area (Å²) in [4.78, 5) is 16.5. The quantitative estimate of drug-likeness (QED) is 0.218. The summed E-state index contributed by atoms with van der Waals surface area (Å²) in [5, 5.41) is 2.88. The van der Waals surface area contributed by atoms with E-state index < -0.39 is 0 Å². The summed E-state index contributed by atoms with van der Waals surface area (Å²) < 4.78 is 0. The number of hydrogen-bond donors (Lipinski definition) is 1. The van der Waals surface area contributed by atoms with E-state index in [-0.39, 0.29) is 5.91 Å². The number of hydrogen-bond acceptors (Lipinski definition) is 3. The molecule has 0 aromatic heterocycles. The third-order valence-corrected chi connectivity index (χ3v) is 6.18. The van der Waals surface area contributed by atoms with Crippen LogP contribution in [0.1, 0.15) is 6.92 Å². The van der Waals surface area contributed by atoms with E-state index in [4.69, 9.17) is 0 Å². The number of rotatable bonds is 8. The van der Waals surface area contributed by atoms with Crippen LogP contribution >= 0.6 is 0 Å². The van der Waals surface area contributed by atoms with Gasteiger partial charge in [0.05, 0.1) is 0 Å². The van der Waals surface area contributed by atoms with Crippen molar-refractivity contribution >= 4 is 45.7 Å². The van der Waals surface area contributed by atoms with Crippen LogP contribution in [0, 0.1) is 0 Å². The second-order valence-electron chi connectivity index (χ2n) is 8.98. The molecular formula is C34H29N3O. The Morgan fingerprint density at radius 3 is 1.11 bits per heavy atom. The van der Waals surface area contributed by atoms with Gasteiger partial charge in [0, 0.05) is 45.4 Å². The maximum Gasteiger partial charge on any atom is 0.250 e. The van der Waals surface area contributed by atoms with Crippen molar-refractivity contribution in [3.05, 3.63) is 152 Å². The number of nitrogens with zero attached hydrogens (tertiary/aromatic N) is 2. The lowest BCUT2D eigenvalue weighted by atomic mass is 10.1. The van der Waals surface area contributed by atoms with E-state index in [0.29, 0.717) is 5.57 Å². The Balaban J connectivity index is 1.51. The molecule has 38 heavy (non-hydrogen) atoms. The molecule has 0 saturated heterocycles. The second kappa shape index (κ2) is 11.3. The summed E-state index contributed by atoms with van der Waals surface area (Å²) in [7, 11) is 0. The largest absolute Gasteiger partial charge is 0.322 e. The number of para-hydroxylation sites is 3. The predicted molar refractivity (Wildman–Crippen MR) is 159 cm³/mol. The summed E-state index contributed by atoms with van der Waals surface area (Å²) in [6.45, 7) is 5.41. The minimum atomic E-state index is -0.186. The van der Waals surface area contributed by atoms with E-state index in [0.717, 1.165) is 39.8 Å². The maximum atomic E-state index is 12.0. The molecule has 1 N–H and O–H groups in total. The molecule has 5 aromatic rings. The maximum absolute atomic E-state index is 12.0. The molecule has 186 valence electrons. The zero-order valence-electron chi connectivity index (χ0n) is 21.3. The van der Waals surface area contributed by atoms with Crippen LogP contribution in [0.4, 0.5) is 39.8 Å². The Kier molecular flexibility index (Phi) is 7.32. The Labute approximate surface area is 224 Å². The highest BCUT2D eigenvalue weighted by molar-refractivity contribution is 6.02. The molecule has 0 aliphatic heterocycles. The van der Waals surface area contributed by atoms with Gasteiger partial charge in [0.2, 0.25) is 0 Å². The highest BCUT2D eigenvalue weighted by Gasteiger charge is 2.15. The number of benzene rings is 5. The normalized spacial score (nSPS) is 10.4. The number of amides is 1. The number of carbonyl (C=O) groups is 1. The van der Waals surface area contributed by atoms with Crippen molar-refractivity contribution in [1.29, 1.82) is 0 Å². The standard InChI is InChI=1S/C34H29N3O/c1-26(2)34(38)35-27-18-20-31(21-19-27)37(30-16-10-5-11-17-30)33-24-22-32(23-25-33)36(28-12-6-3-7-13-28)29-14-8-4-9-15-29/h3-25H,1H2,2H3,(H,35,38). The molecule has 5 rings (SSSR count). The Morgan fingerprint density at radius 2 is 0.789 bits per heavy atom. The van der Waals surface area contributed by atoms with Crippen LogP contribution in [-0.2, 0) is 4.79 Å². The van der Waals surface area contributed by atoms with Gasteiger partial charge in [0.25, 0.3) is 5.91 Å². The Hall–Kier alpha value is -5.09. The molecule has 0 radical (unpaired) electrons. The lowest BCUT2D eigenvalue weighted by molar-refractivity contribution is -0.112. The van der Waals surface area contributed by atoms with E-state index in [9.17, 15) is 4.79 Å². The topological polar surface area (TPSA) is 35.6 Å². The summed E-state index contributed by atoms with van der Waals surface area (Å²) in [6.07, 6.45) is 0. The monoisotopic (exact) mass is 495 g/mol. The number of nitrogens with one attached hydrogen (secondary N) is 1. The van der Waals surface area contributed by atoms with Gasteiger partial charge in [-0.25, -0.2) is 0 Å². The van der Waals surface area contributed by atoms with E-state index >= 15 is 0 Å². The average Bonchev–Trinajstić information content (AvgIpc) is 2.97. The van der Waals surface area contributed by atoms with Crippen molar-refractivity contribution in [1.82, 2.24) is 0 Å². The van der Waals surface area contributed by atoms with Gasteiger partial charge in [0.15, 0.2) is 0 Å². The molecule has 0 unspecified atom stereocenters. The van der Waals surface area contributed by atoms with Gasteiger partial charge in [-0.1, -0.05) is 61.2 Å². The number of anilines is 7. The van der Waals surface area contributed by atoms with Crippen LogP contribution in [0.5, 0.6) is 0 Å². The van der Waals surface area contributed by atoms with Crippen LogP contribution in [0.3, 0.4) is 0 Å². The first-order valence-corrected chi connectivity index (χ1v) is 12.5. The fourth-order valence-electron chi connectivity index (χ4n) is 4.31. The van der Waals surface area contributed by atoms with Gasteiger partial charge in [-0.15, -0.1) is 0 Å². The van der Waals surface area contributed by atoms with Gasteiger partial charge in [-0.05, 0) is 91.9 Å². The van der Waals surface area contributed by atoms with E-state index in [1.807, 2.05) is 54.6 Å². The first kappa shape index (κ1) is 24.6. The zero-order valence-corrected chi connectivity index (χ0v) is 21.3. The van der Waals surface area contributed by atoms with Crippen molar-refractivity contribution < 1.29 is 4.79 Å². The SMILES string of the molecule is C=C(C)C(=O)Nc1ccc(N(c2ccccc2)c2ccc(N(c3ccccc3)c3ccccc3)cc2)cc1. The first-order valence-electron chi connectivity index (χ1n) is 12.5. The molecule has 0 saturated carbocycles. The fourth-order valence-corrected chi connectivity index (χ4v) is 4.31. The van der Waals surface area contributed by atoms with Crippen LogP contribution in [-0.4, -0.2) is 5.91 Å². The van der Waals surface area contributed by atoms with Gasteiger partial charge in [0.1, 0.15) is 0 Å². The van der Waals surface area contributed by atoms with Gasteiger partial charge < -0.3 is 15.1 Å². The minimum Gasteiger partial charge on any atom is -0.322 e. The molecule has 0 atom stereocenters. The highest BCUT2D eigenvalue weighted by Crippen LogP contribution is 2.38. The van der Waals surface area contributed by atoms with Crippen LogP contribution < -0.4 is 15.1 Å². The molecule has 0 aliphatic carbocycles. The molecule has 4 nitrogen and oxygen atoms in total. The molecule has 0 fully saturated rings. The summed E-state index contributed by atoms with van der Waals surface area (Å²) in [6, 6.07) is 47.4. The van der Waals surface area contributed by atoms with Crippen molar-refractivity contribution in [3.8, 4) is 0 Å². The van der Waals surface area contributed by atoms with Crippen molar-refractivity contribution in [2.75, 3.05) is 15.1 Å². The van der Waals surface area contributed by atoms with Gasteiger partial charge >= 0.3 is 0 Å². The number of carbonyl (C=O) groups excluding carboxylic acids is 1. The van der Waals surface area contributed by atoms with Gasteiger partial charge in [-0.3, -0.25) is 4.79 Å². The Morgan fingerprint density at radius 1 is 0.500 bits per heavy atom. The Bertz CT molecular complexity index is 1460. The molecule has 0 heterocycles. The van der Waals surface area contributed by atoms with E-state index in [1.54, 1.807) is 6.92 Å². The first-order chi connectivity index (χ1) is 18.6. The highest BCUT2D eigenvalue weighted by atomic mass is 16.1. The van der Waals surface area contributed by atoms with E-state index in [2.05, 4.69) is 107 Å². The molecule has 5 aromatic carbocycles. The lowest BCUT2D eigenvalue weighted by Gasteiger charge is -2.28. The third kappa shape index (κ3) is 5.50. The fraction of sp³-hybridized carbons (Fsp3) is 0.0294. The summed E-state index contributed by atoms with van der Waals surface area (Å²) in [5.74, 6) is -0.186. The predicted octanol–water partition coefficient (Wildman–Crippen LogP) is 9.14. The van der Waals surface area contributed by atoms with Crippen molar-refractivity contribution in [3.63, 3.8) is 0 Å². The molecule has 4 heteroatoms. The zero-order chi connectivity index (χ0) is 26.3. The smallest absolute Gasteiger partial charge is 0.250 e. The van der Waals surface area contributed by atoms with Gasteiger partial charge in [-0.2, -0.15) is 0 Å². The molecule has 0 spiro atoms. The molecular weight excluding hydrogens is 466 g/mol. The minimum absolute atomic E-state index is 0.186. The summed E-state index contributed by atoms with van der Waals surface area (Å²) in [5.41, 5.74) is 7.52. The van der Waals surface area contributed by atoms with Crippen molar-refractivity contribution in [2.45, 2.75) is 6.92 Å². The third-order valence-electron chi connectivity index (χ3n) is 6.18. The van der Waals surface area contributed by atoms with Crippen LogP contribution in [0.25, 0.3) is 0 Å². The van der Waals surface area contributed by atoms with Crippen molar-refractivity contribution in [2.24, 2.45) is 0 Å². The van der Waals surface area contributed by atoms with E-state index in [1.165, 1.54) is 0 Å². The average molecular weight is 496 g/mol. The van der Waals surface area contributed by atoms with Crippen LogP contribution in [0.2, 0.25) is 0 Å². The van der Waals surface area contributed by atoms with Crippen LogP contribution in [0.15, 0.2) is 152 Å².